The van der Waals surface area contributed by atoms with Crippen LogP contribution in [0.4, 0.5) is 11.8 Å². The second-order valence-electron chi connectivity index (χ2n) is 6.74. The van der Waals surface area contributed by atoms with E-state index in [2.05, 4.69) is 20.2 Å². The molecule has 1 saturated heterocycles. The van der Waals surface area contributed by atoms with Crippen molar-refractivity contribution >= 4 is 17.7 Å². The SMILES string of the molecule is COc1ccc(OCCNc2nc(C)cc(N3CCC(C(=O)O)CC3)n2)cc1. The van der Waals surface area contributed by atoms with Crippen LogP contribution in [-0.4, -0.2) is 54.4 Å². The zero-order valence-electron chi connectivity index (χ0n) is 16.2. The molecule has 1 aromatic carbocycles. The zero-order valence-corrected chi connectivity index (χ0v) is 16.2. The van der Waals surface area contributed by atoms with Gasteiger partial charge in [0.15, 0.2) is 0 Å². The van der Waals surface area contributed by atoms with Crippen molar-refractivity contribution in [3.63, 3.8) is 0 Å². The van der Waals surface area contributed by atoms with Crippen LogP contribution in [0, 0.1) is 12.8 Å². The lowest BCUT2D eigenvalue weighted by atomic mass is 9.97. The first-order chi connectivity index (χ1) is 13.5. The fourth-order valence-electron chi connectivity index (χ4n) is 3.15. The molecule has 1 aliphatic rings. The molecule has 0 aliphatic carbocycles. The van der Waals surface area contributed by atoms with Gasteiger partial charge in [-0.25, -0.2) is 4.98 Å². The first-order valence-electron chi connectivity index (χ1n) is 9.39. The van der Waals surface area contributed by atoms with E-state index in [1.807, 2.05) is 37.3 Å². The normalized spacial score (nSPS) is 14.6. The minimum absolute atomic E-state index is 0.258. The summed E-state index contributed by atoms with van der Waals surface area (Å²) in [6.45, 7) is 4.34. The Balaban J connectivity index is 1.51. The molecule has 1 aromatic heterocycles. The zero-order chi connectivity index (χ0) is 19.9. The van der Waals surface area contributed by atoms with Crippen LogP contribution < -0.4 is 19.7 Å². The maximum Gasteiger partial charge on any atom is 0.306 e. The quantitative estimate of drug-likeness (QED) is 0.668. The monoisotopic (exact) mass is 386 g/mol. The molecule has 28 heavy (non-hydrogen) atoms. The number of benzene rings is 1. The predicted octanol–water partition coefficient (Wildman–Crippen LogP) is 2.59. The first kappa shape index (κ1) is 19.7. The number of carbonyl (C=O) groups is 1. The first-order valence-corrected chi connectivity index (χ1v) is 9.39. The fraction of sp³-hybridized carbons (Fsp3) is 0.450. The second-order valence-corrected chi connectivity index (χ2v) is 6.74. The Labute approximate surface area is 164 Å². The molecule has 0 unspecified atom stereocenters. The van der Waals surface area contributed by atoms with Gasteiger partial charge in [0, 0.05) is 24.8 Å². The molecule has 1 fully saturated rings. The van der Waals surface area contributed by atoms with Gasteiger partial charge in [-0.05, 0) is 44.0 Å². The summed E-state index contributed by atoms with van der Waals surface area (Å²) >= 11 is 0. The van der Waals surface area contributed by atoms with Gasteiger partial charge in [-0.3, -0.25) is 4.79 Å². The van der Waals surface area contributed by atoms with Crippen molar-refractivity contribution in [1.29, 1.82) is 0 Å². The molecular weight excluding hydrogens is 360 g/mol. The van der Waals surface area contributed by atoms with E-state index in [9.17, 15) is 4.79 Å². The highest BCUT2D eigenvalue weighted by molar-refractivity contribution is 5.70. The van der Waals surface area contributed by atoms with Crippen LogP contribution in [-0.2, 0) is 4.79 Å². The number of aryl methyl sites for hydroxylation is 1. The van der Waals surface area contributed by atoms with E-state index in [1.54, 1.807) is 7.11 Å². The summed E-state index contributed by atoms with van der Waals surface area (Å²) < 4.78 is 10.8. The van der Waals surface area contributed by atoms with E-state index in [1.165, 1.54) is 0 Å². The Morgan fingerprint density at radius 2 is 1.89 bits per heavy atom. The molecule has 0 atom stereocenters. The third-order valence-electron chi connectivity index (χ3n) is 4.72. The Kier molecular flexibility index (Phi) is 6.52. The van der Waals surface area contributed by atoms with Gasteiger partial charge in [-0.2, -0.15) is 4.98 Å². The molecular formula is C20H26N4O4. The van der Waals surface area contributed by atoms with Gasteiger partial charge in [-0.15, -0.1) is 0 Å². The highest BCUT2D eigenvalue weighted by atomic mass is 16.5. The molecule has 2 aromatic rings. The number of ether oxygens (including phenoxy) is 2. The average Bonchev–Trinajstić information content (AvgIpc) is 2.71. The van der Waals surface area contributed by atoms with E-state index in [-0.39, 0.29) is 5.92 Å². The average molecular weight is 386 g/mol. The van der Waals surface area contributed by atoms with Crippen LogP contribution in [0.1, 0.15) is 18.5 Å². The van der Waals surface area contributed by atoms with Crippen molar-refractivity contribution < 1.29 is 19.4 Å². The summed E-state index contributed by atoms with van der Waals surface area (Å²) in [5.74, 6) is 1.97. The van der Waals surface area contributed by atoms with Crippen molar-refractivity contribution in [2.24, 2.45) is 5.92 Å². The molecule has 0 spiro atoms. The van der Waals surface area contributed by atoms with Gasteiger partial charge in [0.25, 0.3) is 0 Å². The van der Waals surface area contributed by atoms with Crippen molar-refractivity contribution in [2.75, 3.05) is 43.6 Å². The molecule has 150 valence electrons. The van der Waals surface area contributed by atoms with Gasteiger partial charge in [-0.1, -0.05) is 0 Å². The van der Waals surface area contributed by atoms with E-state index in [0.29, 0.717) is 45.0 Å². The Bertz CT molecular complexity index is 789. The molecule has 3 rings (SSSR count). The summed E-state index contributed by atoms with van der Waals surface area (Å²) in [7, 11) is 1.63. The summed E-state index contributed by atoms with van der Waals surface area (Å²) in [6.07, 6.45) is 1.27. The fourth-order valence-corrected chi connectivity index (χ4v) is 3.15. The Morgan fingerprint density at radius 1 is 1.21 bits per heavy atom. The summed E-state index contributed by atoms with van der Waals surface area (Å²) in [5.41, 5.74) is 0.865. The molecule has 0 saturated carbocycles. The lowest BCUT2D eigenvalue weighted by Gasteiger charge is -2.31. The lowest BCUT2D eigenvalue weighted by molar-refractivity contribution is -0.142. The number of methoxy groups -OCH3 is 1. The predicted molar refractivity (Wildman–Crippen MR) is 106 cm³/mol. The molecule has 0 amide bonds. The molecule has 0 radical (unpaired) electrons. The van der Waals surface area contributed by atoms with Crippen LogP contribution >= 0.6 is 0 Å². The van der Waals surface area contributed by atoms with E-state index in [0.717, 1.165) is 23.0 Å². The standard InChI is InChI=1S/C20H26N4O4/c1-14-13-18(24-10-7-15(8-11-24)19(25)26)23-20(22-14)21-9-12-28-17-5-3-16(27-2)4-6-17/h3-6,13,15H,7-12H2,1-2H3,(H,25,26)(H,21,22,23). The number of aromatic nitrogens is 2. The third kappa shape index (κ3) is 5.25. The number of aliphatic carboxylic acids is 1. The van der Waals surface area contributed by atoms with E-state index >= 15 is 0 Å². The van der Waals surface area contributed by atoms with Gasteiger partial charge in [0.05, 0.1) is 19.6 Å². The smallest absolute Gasteiger partial charge is 0.306 e. The molecule has 0 bridgehead atoms. The molecule has 2 heterocycles. The van der Waals surface area contributed by atoms with E-state index < -0.39 is 5.97 Å². The second kappa shape index (κ2) is 9.25. The number of carboxylic acid groups (broad SMARTS) is 1. The third-order valence-corrected chi connectivity index (χ3v) is 4.72. The molecule has 1 aliphatic heterocycles. The van der Waals surface area contributed by atoms with Gasteiger partial charge in [0.1, 0.15) is 23.9 Å². The highest BCUT2D eigenvalue weighted by Crippen LogP contribution is 2.23. The largest absolute Gasteiger partial charge is 0.497 e. The minimum atomic E-state index is -0.710. The van der Waals surface area contributed by atoms with Crippen LogP contribution in [0.2, 0.25) is 0 Å². The van der Waals surface area contributed by atoms with Crippen LogP contribution in [0.15, 0.2) is 30.3 Å². The summed E-state index contributed by atoms with van der Waals surface area (Å²) in [5, 5.41) is 12.3. The van der Waals surface area contributed by atoms with Crippen LogP contribution in [0.3, 0.4) is 0 Å². The van der Waals surface area contributed by atoms with Gasteiger partial charge < -0.3 is 24.8 Å². The number of piperidine rings is 1. The van der Waals surface area contributed by atoms with Crippen molar-refractivity contribution in [2.45, 2.75) is 19.8 Å². The number of rotatable bonds is 8. The van der Waals surface area contributed by atoms with Crippen LogP contribution in [0.5, 0.6) is 11.5 Å². The Morgan fingerprint density at radius 3 is 2.54 bits per heavy atom. The van der Waals surface area contributed by atoms with E-state index in [4.69, 9.17) is 14.6 Å². The summed E-state index contributed by atoms with van der Waals surface area (Å²) in [4.78, 5) is 22.2. The molecule has 8 heteroatoms. The minimum Gasteiger partial charge on any atom is -0.497 e. The van der Waals surface area contributed by atoms with Gasteiger partial charge >= 0.3 is 5.97 Å². The number of hydrogen-bond donors (Lipinski definition) is 2. The topological polar surface area (TPSA) is 96.8 Å². The van der Waals surface area contributed by atoms with Gasteiger partial charge in [0.2, 0.25) is 5.95 Å². The number of nitrogens with one attached hydrogen (secondary N) is 1. The van der Waals surface area contributed by atoms with Crippen molar-refractivity contribution in [3.8, 4) is 11.5 Å². The molecule has 2 N–H and O–H groups in total. The highest BCUT2D eigenvalue weighted by Gasteiger charge is 2.25. The lowest BCUT2D eigenvalue weighted by Crippen LogP contribution is -2.37. The summed E-state index contributed by atoms with van der Waals surface area (Å²) in [6, 6.07) is 9.36. The maximum absolute atomic E-state index is 11.1. The number of nitrogens with zero attached hydrogens (tertiary/aromatic N) is 3. The maximum atomic E-state index is 11.1. The number of anilines is 2. The Hall–Kier alpha value is -3.03. The molecule has 8 nitrogen and oxygen atoms in total. The van der Waals surface area contributed by atoms with Crippen molar-refractivity contribution in [1.82, 2.24) is 9.97 Å². The number of carboxylic acids is 1. The number of hydrogen-bond acceptors (Lipinski definition) is 7. The van der Waals surface area contributed by atoms with Crippen molar-refractivity contribution in [3.05, 3.63) is 36.0 Å². The van der Waals surface area contributed by atoms with Crippen LogP contribution in [0.25, 0.3) is 0 Å².